The summed E-state index contributed by atoms with van der Waals surface area (Å²) in [5, 5.41) is 10.7. The van der Waals surface area contributed by atoms with Crippen molar-refractivity contribution in [2.24, 2.45) is 0 Å². The van der Waals surface area contributed by atoms with Gasteiger partial charge in [0, 0.05) is 34.8 Å². The smallest absolute Gasteiger partial charge is 0.137 e. The Labute approximate surface area is 143 Å². The molecule has 122 valence electrons. The summed E-state index contributed by atoms with van der Waals surface area (Å²) in [6.07, 6.45) is 5.59. The molecule has 0 aliphatic rings. The molecule has 4 heterocycles. The third-order valence-corrected chi connectivity index (χ3v) is 4.52. The Morgan fingerprint density at radius 1 is 0.960 bits per heavy atom. The molecule has 0 saturated carbocycles. The van der Waals surface area contributed by atoms with E-state index in [1.807, 2.05) is 29.2 Å². The van der Waals surface area contributed by atoms with Crippen LogP contribution in [-0.2, 0) is 0 Å². The minimum Gasteiger partial charge on any atom is -0.346 e. The van der Waals surface area contributed by atoms with Gasteiger partial charge in [-0.15, -0.1) is 5.10 Å². The van der Waals surface area contributed by atoms with Crippen molar-refractivity contribution >= 4 is 33.0 Å². The number of benzene rings is 1. The van der Waals surface area contributed by atoms with E-state index in [4.69, 9.17) is 0 Å². The van der Waals surface area contributed by atoms with Gasteiger partial charge in [0.1, 0.15) is 16.7 Å². The Bertz CT molecular complexity index is 1230. The number of fused-ring (bicyclic) bond motifs is 4. The summed E-state index contributed by atoms with van der Waals surface area (Å²) in [5.74, 6) is 0. The number of nitrogens with one attached hydrogen (secondary N) is 1. The molecule has 25 heavy (non-hydrogen) atoms. The minimum atomic E-state index is 0.233. The molecule has 0 atom stereocenters. The van der Waals surface area contributed by atoms with E-state index in [-0.39, 0.29) is 6.04 Å². The molecule has 5 aromatic rings. The number of rotatable bonds is 2. The van der Waals surface area contributed by atoms with Gasteiger partial charge in [0.2, 0.25) is 0 Å². The van der Waals surface area contributed by atoms with Gasteiger partial charge in [-0.1, -0.05) is 11.3 Å². The summed E-state index contributed by atoms with van der Waals surface area (Å²) in [6.45, 7) is 4.21. The van der Waals surface area contributed by atoms with Crippen LogP contribution >= 0.6 is 0 Å². The van der Waals surface area contributed by atoms with Crippen molar-refractivity contribution in [2.45, 2.75) is 19.9 Å². The fraction of sp³-hybridized carbons (Fsp3) is 0.158. The summed E-state index contributed by atoms with van der Waals surface area (Å²) < 4.78 is 1.96. The lowest BCUT2D eigenvalue weighted by Gasteiger charge is -2.09. The predicted octanol–water partition coefficient (Wildman–Crippen LogP) is 4.10. The molecule has 6 heteroatoms. The zero-order chi connectivity index (χ0) is 17.0. The van der Waals surface area contributed by atoms with Crippen LogP contribution in [0.3, 0.4) is 0 Å². The molecule has 5 rings (SSSR count). The minimum absolute atomic E-state index is 0.233. The molecule has 0 unspecified atom stereocenters. The molecule has 0 saturated heterocycles. The first-order valence-electron chi connectivity index (χ1n) is 8.28. The highest BCUT2D eigenvalue weighted by molar-refractivity contribution is 6.03. The SMILES string of the molecule is CC(C)n1nnc2cnc3ccc(-c4cnc5[nH]ccc5c4)cc3c21. The van der Waals surface area contributed by atoms with E-state index in [9.17, 15) is 0 Å². The largest absolute Gasteiger partial charge is 0.346 e. The van der Waals surface area contributed by atoms with Gasteiger partial charge in [0.15, 0.2) is 0 Å². The van der Waals surface area contributed by atoms with Crippen LogP contribution in [0, 0.1) is 0 Å². The van der Waals surface area contributed by atoms with Crippen molar-refractivity contribution in [1.82, 2.24) is 29.9 Å². The first-order valence-corrected chi connectivity index (χ1v) is 8.28. The van der Waals surface area contributed by atoms with Crippen molar-refractivity contribution in [3.05, 3.63) is 48.9 Å². The third kappa shape index (κ3) is 2.11. The molecule has 0 aliphatic heterocycles. The average Bonchev–Trinajstić information content (AvgIpc) is 3.27. The van der Waals surface area contributed by atoms with E-state index in [2.05, 4.69) is 57.3 Å². The fourth-order valence-electron chi connectivity index (χ4n) is 3.26. The highest BCUT2D eigenvalue weighted by Crippen LogP contribution is 2.29. The number of hydrogen-bond donors (Lipinski definition) is 1. The maximum absolute atomic E-state index is 4.52. The van der Waals surface area contributed by atoms with Crippen LogP contribution in [0.5, 0.6) is 0 Å². The molecular formula is C19H16N6. The molecule has 6 nitrogen and oxygen atoms in total. The van der Waals surface area contributed by atoms with Gasteiger partial charge in [-0.25, -0.2) is 9.67 Å². The Morgan fingerprint density at radius 2 is 1.88 bits per heavy atom. The van der Waals surface area contributed by atoms with Crippen LogP contribution in [0.1, 0.15) is 19.9 Å². The van der Waals surface area contributed by atoms with Gasteiger partial charge in [-0.3, -0.25) is 4.98 Å². The molecule has 0 aliphatic carbocycles. The highest BCUT2D eigenvalue weighted by Gasteiger charge is 2.13. The molecule has 0 fully saturated rings. The van der Waals surface area contributed by atoms with Gasteiger partial charge in [-0.05, 0) is 43.7 Å². The van der Waals surface area contributed by atoms with Crippen LogP contribution in [0.25, 0.3) is 44.1 Å². The maximum atomic E-state index is 4.52. The lowest BCUT2D eigenvalue weighted by Crippen LogP contribution is -2.03. The van der Waals surface area contributed by atoms with E-state index < -0.39 is 0 Å². The van der Waals surface area contributed by atoms with Crippen LogP contribution in [-0.4, -0.2) is 29.9 Å². The third-order valence-electron chi connectivity index (χ3n) is 4.52. The molecule has 1 N–H and O–H groups in total. The second-order valence-electron chi connectivity index (χ2n) is 6.49. The molecule has 1 aromatic carbocycles. The maximum Gasteiger partial charge on any atom is 0.137 e. The Kier molecular flexibility index (Phi) is 2.88. The number of aromatic amines is 1. The number of hydrogen-bond acceptors (Lipinski definition) is 4. The van der Waals surface area contributed by atoms with E-state index in [0.717, 1.165) is 44.1 Å². The summed E-state index contributed by atoms with van der Waals surface area (Å²) in [6, 6.07) is 10.7. The second kappa shape index (κ2) is 5.11. The van der Waals surface area contributed by atoms with Crippen molar-refractivity contribution in [3.8, 4) is 11.1 Å². The summed E-state index contributed by atoms with van der Waals surface area (Å²) >= 11 is 0. The van der Waals surface area contributed by atoms with Crippen LogP contribution in [0.2, 0.25) is 0 Å². The number of pyridine rings is 2. The summed E-state index contributed by atoms with van der Waals surface area (Å²) in [7, 11) is 0. The monoisotopic (exact) mass is 328 g/mol. The van der Waals surface area contributed by atoms with Crippen LogP contribution in [0.15, 0.2) is 48.9 Å². The molecular weight excluding hydrogens is 312 g/mol. The van der Waals surface area contributed by atoms with Gasteiger partial charge < -0.3 is 4.98 Å². The molecule has 0 radical (unpaired) electrons. The van der Waals surface area contributed by atoms with Crippen molar-refractivity contribution in [1.29, 1.82) is 0 Å². The Morgan fingerprint density at radius 3 is 2.76 bits per heavy atom. The van der Waals surface area contributed by atoms with E-state index in [0.29, 0.717) is 0 Å². The number of aromatic nitrogens is 6. The van der Waals surface area contributed by atoms with Gasteiger partial charge in [0.25, 0.3) is 0 Å². The number of nitrogens with zero attached hydrogens (tertiary/aromatic N) is 5. The van der Waals surface area contributed by atoms with Gasteiger partial charge >= 0.3 is 0 Å². The zero-order valence-electron chi connectivity index (χ0n) is 13.9. The van der Waals surface area contributed by atoms with Crippen molar-refractivity contribution in [2.75, 3.05) is 0 Å². The van der Waals surface area contributed by atoms with E-state index >= 15 is 0 Å². The lowest BCUT2D eigenvalue weighted by molar-refractivity contribution is 0.531. The first kappa shape index (κ1) is 14.1. The standard InChI is InChI=1S/C19H16N6/c1-11(2)25-18-15-8-12(3-4-16(15)21-10-17(18)23-24-25)14-7-13-5-6-20-19(13)22-9-14/h3-11H,1-2H3,(H,20,22). The fourth-order valence-corrected chi connectivity index (χ4v) is 3.26. The molecule has 0 spiro atoms. The van der Waals surface area contributed by atoms with E-state index in [1.54, 1.807) is 6.20 Å². The van der Waals surface area contributed by atoms with Crippen molar-refractivity contribution in [3.63, 3.8) is 0 Å². The Hall–Kier alpha value is -3.28. The van der Waals surface area contributed by atoms with Gasteiger partial charge in [-0.2, -0.15) is 0 Å². The predicted molar refractivity (Wildman–Crippen MR) is 98.3 cm³/mol. The summed E-state index contributed by atoms with van der Waals surface area (Å²) in [4.78, 5) is 12.1. The zero-order valence-corrected chi connectivity index (χ0v) is 13.9. The molecule has 0 bridgehead atoms. The van der Waals surface area contributed by atoms with Gasteiger partial charge in [0.05, 0.1) is 11.7 Å². The molecule has 0 amide bonds. The second-order valence-corrected chi connectivity index (χ2v) is 6.49. The van der Waals surface area contributed by atoms with Crippen molar-refractivity contribution < 1.29 is 0 Å². The Balaban J connectivity index is 1.79. The molecule has 4 aromatic heterocycles. The van der Waals surface area contributed by atoms with Crippen LogP contribution in [0.4, 0.5) is 0 Å². The number of H-pyrrole nitrogens is 1. The summed E-state index contributed by atoms with van der Waals surface area (Å²) in [5.41, 5.74) is 5.87. The topological polar surface area (TPSA) is 72.3 Å². The van der Waals surface area contributed by atoms with Crippen LogP contribution < -0.4 is 0 Å². The van der Waals surface area contributed by atoms with E-state index in [1.165, 1.54) is 0 Å². The normalized spacial score (nSPS) is 12.0. The quantitative estimate of drug-likeness (QED) is 0.529. The lowest BCUT2D eigenvalue weighted by atomic mass is 10.0. The first-order chi connectivity index (χ1) is 12.2. The average molecular weight is 328 g/mol. The highest BCUT2D eigenvalue weighted by atomic mass is 15.4.